The number of ether oxygens (including phenoxy) is 1. The third kappa shape index (κ3) is 3.91. The Hall–Kier alpha value is -1.38. The Morgan fingerprint density at radius 3 is 1.60 bits per heavy atom. The maximum atomic E-state index is 13.2. The summed E-state index contributed by atoms with van der Waals surface area (Å²) in [6.07, 6.45) is 4.81. The Balaban J connectivity index is 3.75. The lowest BCUT2D eigenvalue weighted by atomic mass is 9.57. The van der Waals surface area contributed by atoms with Crippen molar-refractivity contribution in [1.29, 1.82) is 0 Å². The van der Waals surface area contributed by atoms with Gasteiger partial charge in [0.05, 0.1) is 12.0 Å². The Kier molecular flexibility index (Phi) is 5.84. The molecule has 0 saturated heterocycles. The Morgan fingerprint density at radius 1 is 0.920 bits per heavy atom. The van der Waals surface area contributed by atoms with Crippen molar-refractivity contribution in [3.63, 3.8) is 0 Å². The molecule has 0 aromatic heterocycles. The van der Waals surface area contributed by atoms with Crippen LogP contribution in [0, 0.1) is 21.7 Å². The molecule has 0 heterocycles. The maximum absolute atomic E-state index is 13.2. The molecule has 0 aliphatic heterocycles. The first kappa shape index (κ1) is 21.7. The van der Waals surface area contributed by atoms with Crippen LogP contribution in [0.15, 0.2) is 23.3 Å². The molecule has 0 bridgehead atoms. The largest absolute Gasteiger partial charge is 0.466 e. The molecule has 25 heavy (non-hydrogen) atoms. The minimum absolute atomic E-state index is 0.101. The van der Waals surface area contributed by atoms with Crippen LogP contribution in [-0.4, -0.2) is 18.4 Å². The summed E-state index contributed by atoms with van der Waals surface area (Å²) >= 11 is 0. The smallest absolute Gasteiger partial charge is 0.312 e. The predicted molar refractivity (Wildman–Crippen MR) is 103 cm³/mol. The van der Waals surface area contributed by atoms with Crippen molar-refractivity contribution < 1.29 is 14.3 Å². The summed E-state index contributed by atoms with van der Waals surface area (Å²) in [6.45, 7) is 20.4. The second kappa shape index (κ2) is 6.74. The summed E-state index contributed by atoms with van der Waals surface area (Å²) in [5.41, 5.74) is -0.289. The normalized spacial score (nSPS) is 18.6. The molecule has 142 valence electrons. The fourth-order valence-electron chi connectivity index (χ4n) is 3.46. The zero-order valence-electron chi connectivity index (χ0n) is 17.8. The van der Waals surface area contributed by atoms with E-state index in [-0.39, 0.29) is 22.6 Å². The molecule has 0 radical (unpaired) electrons. The average Bonchev–Trinajstić information content (AvgIpc) is 2.45. The molecule has 0 amide bonds. The molecular weight excluding hydrogens is 312 g/mol. The van der Waals surface area contributed by atoms with Gasteiger partial charge >= 0.3 is 5.97 Å². The minimum atomic E-state index is -0.758. The zero-order valence-corrected chi connectivity index (χ0v) is 17.8. The van der Waals surface area contributed by atoms with Gasteiger partial charge in [0, 0.05) is 16.6 Å². The van der Waals surface area contributed by atoms with E-state index in [9.17, 15) is 9.59 Å². The number of ketones is 1. The van der Waals surface area contributed by atoms with E-state index in [4.69, 9.17) is 4.74 Å². The zero-order chi connectivity index (χ0) is 19.8. The summed E-state index contributed by atoms with van der Waals surface area (Å²) < 4.78 is 5.37. The van der Waals surface area contributed by atoms with Gasteiger partial charge in [-0.05, 0) is 38.0 Å². The number of carbonyl (C=O) groups is 2. The highest BCUT2D eigenvalue weighted by atomic mass is 16.5. The van der Waals surface area contributed by atoms with Gasteiger partial charge in [0.1, 0.15) is 0 Å². The summed E-state index contributed by atoms with van der Waals surface area (Å²) in [6, 6.07) is 0. The molecule has 1 aliphatic rings. The van der Waals surface area contributed by atoms with Crippen LogP contribution in [-0.2, 0) is 14.3 Å². The Bertz CT molecular complexity index is 570. The van der Waals surface area contributed by atoms with Gasteiger partial charge in [0.2, 0.25) is 0 Å². The summed E-state index contributed by atoms with van der Waals surface area (Å²) in [5, 5.41) is 0. The summed E-state index contributed by atoms with van der Waals surface area (Å²) in [7, 11) is 0. The lowest BCUT2D eigenvalue weighted by Gasteiger charge is -2.46. The van der Waals surface area contributed by atoms with Gasteiger partial charge in [-0.2, -0.15) is 0 Å². The molecule has 0 atom stereocenters. The third-order valence-electron chi connectivity index (χ3n) is 5.44. The molecule has 0 spiro atoms. The van der Waals surface area contributed by atoms with Crippen molar-refractivity contribution in [2.75, 3.05) is 6.61 Å². The maximum Gasteiger partial charge on any atom is 0.312 e. The molecular formula is C22H36O3. The number of hydrogen-bond donors (Lipinski definition) is 0. The van der Waals surface area contributed by atoms with Crippen molar-refractivity contribution in [3.05, 3.63) is 23.3 Å². The number of rotatable bonds is 4. The third-order valence-corrected chi connectivity index (χ3v) is 5.44. The van der Waals surface area contributed by atoms with Gasteiger partial charge in [-0.25, -0.2) is 0 Å². The summed E-state index contributed by atoms with van der Waals surface area (Å²) in [5.74, 6) is -0.121. The highest BCUT2D eigenvalue weighted by Crippen LogP contribution is 2.53. The van der Waals surface area contributed by atoms with Crippen LogP contribution >= 0.6 is 0 Å². The predicted octanol–water partition coefficient (Wildman–Crippen LogP) is 5.50. The average molecular weight is 349 g/mol. The lowest BCUT2D eigenvalue weighted by molar-refractivity contribution is -0.158. The number of Topliss-reactive ketones (excluding diaryl/α,β-unsaturated/α-hetero) is 1. The molecule has 0 fully saturated rings. The van der Waals surface area contributed by atoms with Crippen molar-refractivity contribution in [1.82, 2.24) is 0 Å². The number of esters is 1. The van der Waals surface area contributed by atoms with E-state index < -0.39 is 10.8 Å². The van der Waals surface area contributed by atoms with Crippen molar-refractivity contribution in [2.24, 2.45) is 21.7 Å². The second-order valence-corrected chi connectivity index (χ2v) is 9.68. The van der Waals surface area contributed by atoms with Crippen LogP contribution in [0.3, 0.4) is 0 Å². The van der Waals surface area contributed by atoms with Gasteiger partial charge in [-0.15, -0.1) is 0 Å². The Morgan fingerprint density at radius 2 is 1.32 bits per heavy atom. The van der Waals surface area contributed by atoms with Gasteiger partial charge in [-0.1, -0.05) is 60.6 Å². The molecule has 0 unspecified atom stereocenters. The van der Waals surface area contributed by atoms with Gasteiger partial charge < -0.3 is 4.74 Å². The fourth-order valence-corrected chi connectivity index (χ4v) is 3.46. The van der Waals surface area contributed by atoms with Crippen LogP contribution in [0.1, 0.15) is 75.7 Å². The quantitative estimate of drug-likeness (QED) is 0.630. The van der Waals surface area contributed by atoms with Crippen LogP contribution in [0.25, 0.3) is 0 Å². The second-order valence-electron chi connectivity index (χ2n) is 9.68. The highest BCUT2D eigenvalue weighted by molar-refractivity contribution is 6.11. The monoisotopic (exact) mass is 348 g/mol. The molecule has 1 aliphatic carbocycles. The van der Waals surface area contributed by atoms with E-state index in [2.05, 4.69) is 48.5 Å². The standard InChI is InChI=1S/C22H36O3/c1-11-22(21(9,10)18(24)25-12-2)13-15(19(3,4)5)17(23)16(14-22)20(6,7)8/h13-14H,11-12H2,1-10H3. The number of carbonyl (C=O) groups excluding carboxylic acids is 2. The van der Waals surface area contributed by atoms with Gasteiger partial charge in [0.25, 0.3) is 0 Å². The molecule has 3 heteroatoms. The van der Waals surface area contributed by atoms with Crippen LogP contribution in [0.2, 0.25) is 0 Å². The van der Waals surface area contributed by atoms with E-state index >= 15 is 0 Å². The van der Waals surface area contributed by atoms with Crippen molar-refractivity contribution >= 4 is 11.8 Å². The van der Waals surface area contributed by atoms with Crippen molar-refractivity contribution in [3.8, 4) is 0 Å². The van der Waals surface area contributed by atoms with E-state index in [1.54, 1.807) is 0 Å². The minimum Gasteiger partial charge on any atom is -0.466 e. The molecule has 0 N–H and O–H groups in total. The summed E-state index contributed by atoms with van der Waals surface area (Å²) in [4.78, 5) is 25.9. The van der Waals surface area contributed by atoms with E-state index in [1.807, 2.05) is 32.9 Å². The Labute approximate surface area is 153 Å². The van der Waals surface area contributed by atoms with Crippen LogP contribution in [0.4, 0.5) is 0 Å². The molecule has 1 rings (SSSR count). The first-order valence-corrected chi connectivity index (χ1v) is 9.32. The molecule has 0 saturated carbocycles. The van der Waals surface area contributed by atoms with E-state index in [0.717, 1.165) is 17.6 Å². The van der Waals surface area contributed by atoms with E-state index in [1.165, 1.54) is 0 Å². The molecule has 0 aromatic rings. The van der Waals surface area contributed by atoms with Crippen LogP contribution in [0.5, 0.6) is 0 Å². The van der Waals surface area contributed by atoms with Gasteiger partial charge in [0.15, 0.2) is 5.78 Å². The number of allylic oxidation sites excluding steroid dienone is 4. The van der Waals surface area contributed by atoms with Gasteiger partial charge in [-0.3, -0.25) is 9.59 Å². The highest BCUT2D eigenvalue weighted by Gasteiger charge is 2.51. The SMILES string of the molecule is CCOC(=O)C(C)(C)C1(CC)C=C(C(C)(C)C)C(=O)C(C(C)(C)C)=C1. The fraction of sp³-hybridized carbons (Fsp3) is 0.727. The number of hydrogen-bond acceptors (Lipinski definition) is 3. The first-order chi connectivity index (χ1) is 11.1. The molecule has 3 nitrogen and oxygen atoms in total. The van der Waals surface area contributed by atoms with E-state index in [0.29, 0.717) is 6.61 Å². The van der Waals surface area contributed by atoms with Crippen LogP contribution < -0.4 is 0 Å². The lowest BCUT2D eigenvalue weighted by Crippen LogP contribution is -2.46. The van der Waals surface area contributed by atoms with Crippen molar-refractivity contribution in [2.45, 2.75) is 75.7 Å². The topological polar surface area (TPSA) is 43.4 Å². The molecule has 0 aromatic carbocycles. The first-order valence-electron chi connectivity index (χ1n) is 9.32.